The zero-order valence-corrected chi connectivity index (χ0v) is 64.1. The molecule has 5 atom stereocenters. The summed E-state index contributed by atoms with van der Waals surface area (Å²) in [6, 6.07) is 0. The highest BCUT2D eigenvalue weighted by atomic mass is 31.2. The molecule has 2 unspecified atom stereocenters. The summed E-state index contributed by atoms with van der Waals surface area (Å²) in [5, 5.41) is 10.6. The molecule has 0 amide bonds. The zero-order valence-electron chi connectivity index (χ0n) is 62.4. The van der Waals surface area contributed by atoms with Crippen LogP contribution < -0.4 is 0 Å². The molecule has 0 radical (unpaired) electrons. The van der Waals surface area contributed by atoms with E-state index < -0.39 is 97.5 Å². The number of carbonyl (C=O) groups is 4. The lowest BCUT2D eigenvalue weighted by Crippen LogP contribution is -2.30. The van der Waals surface area contributed by atoms with E-state index in [1.165, 1.54) is 238 Å². The molecular weight excluding hydrogens is 1260 g/mol. The fourth-order valence-corrected chi connectivity index (χ4v) is 13.5. The molecule has 17 nitrogen and oxygen atoms in total. The number of hydrogen-bond donors (Lipinski definition) is 3. The van der Waals surface area contributed by atoms with E-state index in [1.807, 2.05) is 0 Å². The van der Waals surface area contributed by atoms with E-state index in [9.17, 15) is 43.2 Å². The van der Waals surface area contributed by atoms with Crippen LogP contribution >= 0.6 is 15.6 Å². The van der Waals surface area contributed by atoms with Crippen molar-refractivity contribution in [3.63, 3.8) is 0 Å². The van der Waals surface area contributed by atoms with Gasteiger partial charge in [-0.25, -0.2) is 9.13 Å². The number of ether oxygens (including phenoxy) is 4. The average molecular weight is 1410 g/mol. The number of hydrogen-bond acceptors (Lipinski definition) is 15. The van der Waals surface area contributed by atoms with Gasteiger partial charge in [0.1, 0.15) is 19.3 Å². The molecule has 0 fully saturated rings. The number of esters is 4. The zero-order chi connectivity index (χ0) is 70.4. The minimum atomic E-state index is -4.95. The highest BCUT2D eigenvalue weighted by Crippen LogP contribution is 2.45. The van der Waals surface area contributed by atoms with E-state index in [-0.39, 0.29) is 25.7 Å². The maximum atomic E-state index is 13.1. The van der Waals surface area contributed by atoms with Crippen molar-refractivity contribution in [1.82, 2.24) is 0 Å². The topological polar surface area (TPSA) is 237 Å². The highest BCUT2D eigenvalue weighted by molar-refractivity contribution is 7.47. The first-order chi connectivity index (χ1) is 46.7. The van der Waals surface area contributed by atoms with Crippen LogP contribution in [-0.2, 0) is 65.4 Å². The molecule has 0 heterocycles. The number of rotatable bonds is 78. The molecule has 0 spiro atoms. The Kier molecular flexibility index (Phi) is 70.0. The molecule has 0 aromatic carbocycles. The fraction of sp³-hybridized carbons (Fsp3) is 0.948. The quantitative estimate of drug-likeness (QED) is 0.0222. The molecule has 0 rings (SSSR count). The van der Waals surface area contributed by atoms with Crippen molar-refractivity contribution in [3.05, 3.63) is 0 Å². The first-order valence-corrected chi connectivity index (χ1v) is 43.3. The lowest BCUT2D eigenvalue weighted by Gasteiger charge is -2.21. The van der Waals surface area contributed by atoms with E-state index in [2.05, 4.69) is 27.7 Å². The SMILES string of the molecule is CCCCCCCCCCCCCCCCCCCC(=O)OC[C@H](COP(=O)(O)OC[C@@H](O)COP(=O)(O)OC[C@@H](COC(=O)CCCCCCC)OC(=O)CCCCCCCCCCCCCCCCCCC)OC(=O)CCCCCCCCCCCCCCCCCCC. The minimum Gasteiger partial charge on any atom is -0.462 e. The van der Waals surface area contributed by atoms with Crippen LogP contribution in [0.15, 0.2) is 0 Å². The van der Waals surface area contributed by atoms with Gasteiger partial charge >= 0.3 is 39.5 Å². The van der Waals surface area contributed by atoms with E-state index in [0.29, 0.717) is 25.7 Å². The summed E-state index contributed by atoms with van der Waals surface area (Å²) in [6.45, 7) is 4.92. The van der Waals surface area contributed by atoms with Gasteiger partial charge in [0.15, 0.2) is 12.2 Å². The van der Waals surface area contributed by atoms with Crippen molar-refractivity contribution >= 4 is 39.5 Å². The number of aliphatic hydroxyl groups is 1. The van der Waals surface area contributed by atoms with Gasteiger partial charge in [-0.3, -0.25) is 37.3 Å². The third-order valence-electron chi connectivity index (χ3n) is 18.1. The molecule has 96 heavy (non-hydrogen) atoms. The molecule has 0 aliphatic rings. The van der Waals surface area contributed by atoms with Crippen LogP contribution in [-0.4, -0.2) is 96.7 Å². The Morgan fingerprint density at radius 1 is 0.250 bits per heavy atom. The second-order valence-corrected chi connectivity index (χ2v) is 30.7. The van der Waals surface area contributed by atoms with Gasteiger partial charge in [0.25, 0.3) is 0 Å². The molecule has 0 aromatic heterocycles. The smallest absolute Gasteiger partial charge is 0.462 e. The maximum Gasteiger partial charge on any atom is 0.472 e. The van der Waals surface area contributed by atoms with Gasteiger partial charge in [0, 0.05) is 25.7 Å². The largest absolute Gasteiger partial charge is 0.472 e. The number of phosphoric acid groups is 2. The average Bonchev–Trinajstić information content (AvgIpc) is 1.43. The van der Waals surface area contributed by atoms with Crippen LogP contribution in [0.25, 0.3) is 0 Å². The third kappa shape index (κ3) is 70.5. The van der Waals surface area contributed by atoms with E-state index in [0.717, 1.165) is 96.3 Å². The van der Waals surface area contributed by atoms with Gasteiger partial charge in [-0.2, -0.15) is 0 Å². The molecule has 570 valence electrons. The van der Waals surface area contributed by atoms with Crippen LogP contribution in [0.1, 0.15) is 413 Å². The van der Waals surface area contributed by atoms with Crippen molar-refractivity contribution in [2.45, 2.75) is 431 Å². The second kappa shape index (κ2) is 71.5. The van der Waals surface area contributed by atoms with Crippen molar-refractivity contribution in [1.29, 1.82) is 0 Å². The number of unbranched alkanes of at least 4 members (excludes halogenated alkanes) is 52. The Bertz CT molecular complexity index is 1830. The first kappa shape index (κ1) is 94.1. The summed E-state index contributed by atoms with van der Waals surface area (Å²) in [4.78, 5) is 72.6. The molecule has 19 heteroatoms. The molecule has 0 bridgehead atoms. The van der Waals surface area contributed by atoms with Crippen molar-refractivity contribution in [3.8, 4) is 0 Å². The fourth-order valence-electron chi connectivity index (χ4n) is 11.9. The van der Waals surface area contributed by atoms with Crippen LogP contribution in [0.4, 0.5) is 0 Å². The molecule has 3 N–H and O–H groups in total. The number of carbonyl (C=O) groups excluding carboxylic acids is 4. The predicted octanol–water partition coefficient (Wildman–Crippen LogP) is 23.0. The molecule has 0 aromatic rings. The summed E-state index contributed by atoms with van der Waals surface area (Å²) in [5.74, 6) is -2.12. The van der Waals surface area contributed by atoms with Crippen molar-refractivity contribution in [2.75, 3.05) is 39.6 Å². The monoisotopic (exact) mass is 1410 g/mol. The lowest BCUT2D eigenvalue weighted by atomic mass is 10.0. The van der Waals surface area contributed by atoms with Crippen LogP contribution in [0.2, 0.25) is 0 Å². The van der Waals surface area contributed by atoms with E-state index in [4.69, 9.17) is 37.0 Å². The summed E-state index contributed by atoms with van der Waals surface area (Å²) >= 11 is 0. The lowest BCUT2D eigenvalue weighted by molar-refractivity contribution is -0.161. The van der Waals surface area contributed by atoms with Crippen molar-refractivity contribution < 1.29 is 80.2 Å². The van der Waals surface area contributed by atoms with Gasteiger partial charge in [-0.15, -0.1) is 0 Å². The second-order valence-electron chi connectivity index (χ2n) is 27.7. The van der Waals surface area contributed by atoms with Gasteiger partial charge in [-0.1, -0.05) is 362 Å². The standard InChI is InChI=1S/C77H150O17P2/c1-5-9-13-17-20-23-26-29-32-35-38-41-44-47-50-54-58-62-75(80)88-68-73(94-77(82)64-60-56-52-49-46-43-40-37-34-31-28-25-22-19-15-11-7-3)70-92-96(85,86)90-66-71(78)65-89-95(83,84)91-69-72(67-87-74(79)61-57-53-16-12-8-4)93-76(81)63-59-55-51-48-45-42-39-36-33-30-27-24-21-18-14-10-6-2/h71-73,78H,5-70H2,1-4H3,(H,83,84)(H,85,86)/t71-,72+,73+/m0/s1. The summed E-state index contributed by atoms with van der Waals surface area (Å²) in [5.41, 5.74) is 0. The van der Waals surface area contributed by atoms with Gasteiger partial charge in [-0.05, 0) is 25.7 Å². The minimum absolute atomic E-state index is 0.108. The molecule has 0 aliphatic heterocycles. The normalized spacial score (nSPS) is 13.9. The van der Waals surface area contributed by atoms with Crippen molar-refractivity contribution in [2.24, 2.45) is 0 Å². The maximum absolute atomic E-state index is 13.1. The highest BCUT2D eigenvalue weighted by Gasteiger charge is 2.30. The summed E-state index contributed by atoms with van der Waals surface area (Å²) in [6.07, 6.45) is 62.8. The third-order valence-corrected chi connectivity index (χ3v) is 20.0. The Hall–Kier alpha value is -1.94. The van der Waals surface area contributed by atoms with Gasteiger partial charge < -0.3 is 33.8 Å². The number of aliphatic hydroxyl groups excluding tert-OH is 1. The molecular formula is C77H150O17P2. The Labute approximate surface area is 588 Å². The summed E-state index contributed by atoms with van der Waals surface area (Å²) in [7, 11) is -9.90. The van der Waals surface area contributed by atoms with Crippen LogP contribution in [0, 0.1) is 0 Å². The van der Waals surface area contributed by atoms with Crippen LogP contribution in [0.3, 0.4) is 0 Å². The molecule has 0 aliphatic carbocycles. The summed E-state index contributed by atoms with van der Waals surface area (Å²) < 4.78 is 68.4. The first-order valence-electron chi connectivity index (χ1n) is 40.3. The van der Waals surface area contributed by atoms with Gasteiger partial charge in [0.05, 0.1) is 26.4 Å². The Morgan fingerprint density at radius 3 is 0.615 bits per heavy atom. The van der Waals surface area contributed by atoms with Crippen LogP contribution in [0.5, 0.6) is 0 Å². The van der Waals surface area contributed by atoms with E-state index >= 15 is 0 Å². The number of phosphoric ester groups is 2. The Balaban J connectivity index is 5.12. The molecule has 0 saturated heterocycles. The predicted molar refractivity (Wildman–Crippen MR) is 391 cm³/mol. The van der Waals surface area contributed by atoms with E-state index in [1.54, 1.807) is 0 Å². The van der Waals surface area contributed by atoms with Gasteiger partial charge in [0.2, 0.25) is 0 Å². The molecule has 0 saturated carbocycles. The Morgan fingerprint density at radius 2 is 0.417 bits per heavy atom.